The van der Waals surface area contributed by atoms with Crippen LogP contribution in [-0.4, -0.2) is 37.6 Å². The number of rotatable bonds is 2. The summed E-state index contributed by atoms with van der Waals surface area (Å²) in [6.07, 6.45) is 1.32. The van der Waals surface area contributed by atoms with E-state index in [2.05, 4.69) is 5.16 Å². The second-order valence-electron chi connectivity index (χ2n) is 4.06. The Kier molecular flexibility index (Phi) is 2.42. The molecule has 2 aliphatic rings. The Morgan fingerprint density at radius 3 is 2.93 bits per heavy atom. The number of nitrogens with zero attached hydrogens (tertiary/aromatic N) is 1. The third-order valence-corrected chi connectivity index (χ3v) is 3.31. The zero-order valence-electron chi connectivity index (χ0n) is 9.15. The Morgan fingerprint density at radius 2 is 2.33 bits per heavy atom. The van der Waals surface area contributed by atoms with Gasteiger partial charge in [-0.25, -0.2) is 4.79 Å². The molecule has 0 amide bonds. The van der Waals surface area contributed by atoms with Crippen molar-refractivity contribution in [2.75, 3.05) is 14.2 Å². The summed E-state index contributed by atoms with van der Waals surface area (Å²) >= 11 is 0. The summed E-state index contributed by atoms with van der Waals surface area (Å²) in [4.78, 5) is 17.0. The minimum absolute atomic E-state index is 0.00472. The minimum atomic E-state index is -0.931. The number of oxime groups is 1. The molecule has 1 heterocycles. The van der Waals surface area contributed by atoms with Crippen LogP contribution in [0.5, 0.6) is 0 Å². The van der Waals surface area contributed by atoms with Crippen LogP contribution in [0, 0.1) is 5.92 Å². The molecule has 3 unspecified atom stereocenters. The van der Waals surface area contributed by atoms with Gasteiger partial charge in [-0.3, -0.25) is 0 Å². The molecule has 0 aromatic heterocycles. The van der Waals surface area contributed by atoms with Gasteiger partial charge < -0.3 is 14.3 Å². The lowest BCUT2D eigenvalue weighted by Gasteiger charge is -2.23. The van der Waals surface area contributed by atoms with Gasteiger partial charge in [-0.2, -0.15) is 0 Å². The quantitative estimate of drug-likeness (QED) is 0.634. The van der Waals surface area contributed by atoms with Crippen molar-refractivity contribution >= 4 is 11.7 Å². The third-order valence-electron chi connectivity index (χ3n) is 3.31. The summed E-state index contributed by atoms with van der Waals surface area (Å²) in [5, 5.41) is 3.89. The Morgan fingerprint density at radius 1 is 1.60 bits per heavy atom. The predicted molar refractivity (Wildman–Crippen MR) is 52.5 cm³/mol. The average Bonchev–Trinajstić information content (AvgIpc) is 2.76. The fraction of sp³-hybridized carbons (Fsp3) is 0.800. The largest absolute Gasteiger partial charge is 0.466 e. The molecule has 3 atom stereocenters. The van der Waals surface area contributed by atoms with Gasteiger partial charge >= 0.3 is 5.97 Å². The van der Waals surface area contributed by atoms with E-state index in [1.165, 1.54) is 7.11 Å². The van der Waals surface area contributed by atoms with Crippen molar-refractivity contribution in [3.05, 3.63) is 0 Å². The lowest BCUT2D eigenvalue weighted by Crippen LogP contribution is -2.43. The van der Waals surface area contributed by atoms with Crippen LogP contribution in [0.25, 0.3) is 0 Å². The standard InChI is InChI=1S/C10H15NO4/c1-6-8-4-7(13-2)5-10(8,15-11-6)9(12)14-3/h7-8H,4-5H2,1-3H3. The minimum Gasteiger partial charge on any atom is -0.466 e. The second-order valence-corrected chi connectivity index (χ2v) is 4.06. The Balaban J connectivity index is 2.27. The van der Waals surface area contributed by atoms with E-state index < -0.39 is 5.60 Å². The Hall–Kier alpha value is -1.10. The van der Waals surface area contributed by atoms with Crippen LogP contribution in [0.4, 0.5) is 0 Å². The second kappa shape index (κ2) is 3.48. The van der Waals surface area contributed by atoms with E-state index in [0.717, 1.165) is 12.1 Å². The van der Waals surface area contributed by atoms with Gasteiger partial charge in [-0.15, -0.1) is 0 Å². The maximum absolute atomic E-state index is 11.7. The lowest BCUT2D eigenvalue weighted by molar-refractivity contribution is -0.169. The molecule has 0 radical (unpaired) electrons. The topological polar surface area (TPSA) is 57.1 Å². The molecule has 1 saturated carbocycles. The molecular weight excluding hydrogens is 198 g/mol. The third kappa shape index (κ3) is 1.33. The fourth-order valence-electron chi connectivity index (χ4n) is 2.46. The van der Waals surface area contributed by atoms with Gasteiger partial charge in [-0.05, 0) is 13.3 Å². The van der Waals surface area contributed by atoms with Crippen molar-refractivity contribution in [3.63, 3.8) is 0 Å². The fourth-order valence-corrected chi connectivity index (χ4v) is 2.46. The summed E-state index contributed by atoms with van der Waals surface area (Å²) in [6, 6.07) is 0. The number of carbonyl (C=O) groups is 1. The van der Waals surface area contributed by atoms with Gasteiger partial charge in [0.1, 0.15) is 0 Å². The van der Waals surface area contributed by atoms with E-state index in [4.69, 9.17) is 14.3 Å². The smallest absolute Gasteiger partial charge is 0.353 e. The zero-order chi connectivity index (χ0) is 11.1. The summed E-state index contributed by atoms with van der Waals surface area (Å²) in [5.41, 5.74) is -0.0839. The maximum Gasteiger partial charge on any atom is 0.353 e. The molecule has 1 fully saturated rings. The van der Waals surface area contributed by atoms with Crippen LogP contribution in [0.3, 0.4) is 0 Å². The number of ether oxygens (including phenoxy) is 2. The van der Waals surface area contributed by atoms with Crippen molar-refractivity contribution in [2.45, 2.75) is 31.5 Å². The number of hydrogen-bond acceptors (Lipinski definition) is 5. The SMILES string of the molecule is COC(=O)C12CC(OC)CC1C(C)=NO2. The number of fused-ring (bicyclic) bond motifs is 1. The maximum atomic E-state index is 11.7. The van der Waals surface area contributed by atoms with Crippen molar-refractivity contribution in [1.82, 2.24) is 0 Å². The molecule has 1 aliphatic carbocycles. The monoisotopic (exact) mass is 213 g/mol. The highest BCUT2D eigenvalue weighted by molar-refractivity contribution is 5.95. The first-order valence-corrected chi connectivity index (χ1v) is 4.98. The normalized spacial score (nSPS) is 38.2. The molecule has 0 bridgehead atoms. The molecule has 84 valence electrons. The summed E-state index contributed by atoms with van der Waals surface area (Å²) in [5.74, 6) is -0.359. The van der Waals surface area contributed by atoms with Gasteiger partial charge in [0.2, 0.25) is 5.60 Å². The summed E-state index contributed by atoms with van der Waals surface area (Å²) in [6.45, 7) is 1.87. The first kappa shape index (κ1) is 10.4. The molecule has 1 aliphatic heterocycles. The van der Waals surface area contributed by atoms with Gasteiger partial charge in [0.05, 0.1) is 24.8 Å². The lowest BCUT2D eigenvalue weighted by atomic mass is 9.88. The van der Waals surface area contributed by atoms with Crippen LogP contribution in [0.2, 0.25) is 0 Å². The highest BCUT2D eigenvalue weighted by Crippen LogP contribution is 2.45. The number of hydrogen-bond donors (Lipinski definition) is 0. The van der Waals surface area contributed by atoms with Gasteiger partial charge in [-0.1, -0.05) is 5.16 Å². The Bertz CT molecular complexity index is 315. The first-order chi connectivity index (χ1) is 7.14. The molecular formula is C10H15NO4. The van der Waals surface area contributed by atoms with Gasteiger partial charge in [0.15, 0.2) is 0 Å². The molecule has 0 aromatic carbocycles. The van der Waals surface area contributed by atoms with E-state index in [-0.39, 0.29) is 18.0 Å². The molecule has 0 N–H and O–H groups in total. The number of esters is 1. The van der Waals surface area contributed by atoms with Gasteiger partial charge in [0.25, 0.3) is 0 Å². The molecule has 15 heavy (non-hydrogen) atoms. The predicted octanol–water partition coefficient (Wildman–Crippen LogP) is 0.729. The zero-order valence-corrected chi connectivity index (χ0v) is 9.15. The van der Waals surface area contributed by atoms with Gasteiger partial charge in [0, 0.05) is 13.5 Å². The van der Waals surface area contributed by atoms with Crippen LogP contribution >= 0.6 is 0 Å². The molecule has 0 aromatic rings. The van der Waals surface area contributed by atoms with Crippen molar-refractivity contribution in [1.29, 1.82) is 0 Å². The Labute approximate surface area is 88.4 Å². The first-order valence-electron chi connectivity index (χ1n) is 4.98. The van der Waals surface area contributed by atoms with Crippen LogP contribution in [-0.2, 0) is 19.1 Å². The average molecular weight is 213 g/mol. The van der Waals surface area contributed by atoms with E-state index in [0.29, 0.717) is 6.42 Å². The number of carbonyl (C=O) groups excluding carboxylic acids is 1. The van der Waals surface area contributed by atoms with Crippen LogP contribution < -0.4 is 0 Å². The highest BCUT2D eigenvalue weighted by atomic mass is 16.7. The van der Waals surface area contributed by atoms with Crippen molar-refractivity contribution in [2.24, 2.45) is 11.1 Å². The van der Waals surface area contributed by atoms with Crippen molar-refractivity contribution < 1.29 is 19.1 Å². The van der Waals surface area contributed by atoms with E-state index in [1.54, 1.807) is 7.11 Å². The molecule has 0 saturated heterocycles. The van der Waals surface area contributed by atoms with E-state index >= 15 is 0 Å². The molecule has 5 nitrogen and oxygen atoms in total. The van der Waals surface area contributed by atoms with E-state index in [9.17, 15) is 4.79 Å². The van der Waals surface area contributed by atoms with Crippen molar-refractivity contribution in [3.8, 4) is 0 Å². The van der Waals surface area contributed by atoms with E-state index in [1.807, 2.05) is 6.92 Å². The molecule has 5 heteroatoms. The highest BCUT2D eigenvalue weighted by Gasteiger charge is 2.61. The molecule has 0 spiro atoms. The summed E-state index contributed by atoms with van der Waals surface area (Å²) < 4.78 is 10.1. The molecule has 2 rings (SSSR count). The van der Waals surface area contributed by atoms with Crippen LogP contribution in [0.15, 0.2) is 5.16 Å². The summed E-state index contributed by atoms with van der Waals surface area (Å²) in [7, 11) is 3.01. The van der Waals surface area contributed by atoms with Crippen LogP contribution in [0.1, 0.15) is 19.8 Å². The number of methoxy groups -OCH3 is 2.